The fourth-order valence-electron chi connectivity index (χ4n) is 7.94. The van der Waals surface area contributed by atoms with Gasteiger partial charge in [0.05, 0.1) is 62.7 Å². The number of imidazole rings is 1. The summed E-state index contributed by atoms with van der Waals surface area (Å²) in [6, 6.07) is 3.69. The van der Waals surface area contributed by atoms with Crippen LogP contribution in [0.15, 0.2) is 24.5 Å². The minimum Gasteiger partial charge on any atom is -0.346 e. The molecule has 2 N–H and O–H groups in total. The number of nitrogens with one attached hydrogen (secondary N) is 2. The molecular weight excluding hydrogens is 719 g/mol. The molecule has 3 aromatic heterocycles. The number of rotatable bonds is 9. The summed E-state index contributed by atoms with van der Waals surface area (Å²) in [6.45, 7) is 10.4. The molecule has 53 heavy (non-hydrogen) atoms. The largest absolute Gasteiger partial charge is 0.346 e. The Labute approximate surface area is 308 Å². The van der Waals surface area contributed by atoms with E-state index in [0.717, 1.165) is 44.8 Å². The van der Waals surface area contributed by atoms with Gasteiger partial charge in [0.15, 0.2) is 17.5 Å². The van der Waals surface area contributed by atoms with Crippen LogP contribution in [0.25, 0.3) is 22.3 Å². The van der Waals surface area contributed by atoms with E-state index >= 15 is 13.2 Å². The van der Waals surface area contributed by atoms with Crippen LogP contribution in [0.1, 0.15) is 88.8 Å². The van der Waals surface area contributed by atoms with Crippen molar-refractivity contribution >= 4 is 51.6 Å². The Morgan fingerprint density at radius 3 is 2.38 bits per heavy atom. The smallest absolute Gasteiger partial charge is 0.255 e. The van der Waals surface area contributed by atoms with Crippen molar-refractivity contribution in [1.82, 2.24) is 29.7 Å². The molecule has 2 amide bonds. The Morgan fingerprint density at radius 1 is 1.02 bits per heavy atom. The first kappa shape index (κ1) is 37.0. The third-order valence-electron chi connectivity index (χ3n) is 10.8. The van der Waals surface area contributed by atoms with Crippen molar-refractivity contribution in [1.29, 1.82) is 0 Å². The van der Waals surface area contributed by atoms with Gasteiger partial charge in [-0.05, 0) is 91.6 Å². The minimum atomic E-state index is -2.89. The first-order chi connectivity index (χ1) is 25.0. The predicted molar refractivity (Wildman–Crippen MR) is 191 cm³/mol. The number of anilines is 3. The summed E-state index contributed by atoms with van der Waals surface area (Å²) in [5.74, 6) is -5.33. The highest BCUT2D eigenvalue weighted by molar-refractivity contribution is 6.34. The van der Waals surface area contributed by atoms with Gasteiger partial charge in [0.1, 0.15) is 5.52 Å². The average Bonchev–Trinajstić information content (AvgIpc) is 3.62. The lowest BCUT2D eigenvalue weighted by atomic mass is 9.71. The maximum absolute atomic E-state index is 16.2. The Balaban J connectivity index is 1.30. The van der Waals surface area contributed by atoms with Crippen LogP contribution in [-0.2, 0) is 10.2 Å². The topological polar surface area (TPSA) is 108 Å². The van der Waals surface area contributed by atoms with E-state index in [0.29, 0.717) is 22.4 Å². The van der Waals surface area contributed by atoms with Gasteiger partial charge in [0.25, 0.3) is 12.3 Å². The molecule has 0 spiro atoms. The Kier molecular flexibility index (Phi) is 9.41. The highest BCUT2D eigenvalue weighted by Gasteiger charge is 2.55. The molecule has 0 radical (unpaired) electrons. The summed E-state index contributed by atoms with van der Waals surface area (Å²) in [7, 11) is 0. The second-order valence-corrected chi connectivity index (χ2v) is 15.6. The first-order valence-electron chi connectivity index (χ1n) is 17.7. The summed E-state index contributed by atoms with van der Waals surface area (Å²) in [4.78, 5) is 44.3. The molecule has 16 heteroatoms. The van der Waals surface area contributed by atoms with Crippen LogP contribution in [-0.4, -0.2) is 73.9 Å². The van der Waals surface area contributed by atoms with Crippen LogP contribution in [0.5, 0.6) is 0 Å². The van der Waals surface area contributed by atoms with Crippen molar-refractivity contribution in [2.24, 2.45) is 0 Å². The quantitative estimate of drug-likeness (QED) is 0.102. The van der Waals surface area contributed by atoms with Gasteiger partial charge in [-0.2, -0.15) is 4.39 Å². The molecule has 7 rings (SSSR count). The van der Waals surface area contributed by atoms with Crippen molar-refractivity contribution in [3.63, 3.8) is 0 Å². The second-order valence-electron chi connectivity index (χ2n) is 15.2. The molecular formula is C37H40ClF5N8O2. The number of halogens is 6. The highest BCUT2D eigenvalue weighted by Crippen LogP contribution is 2.50. The zero-order chi connectivity index (χ0) is 38.1. The zero-order valence-corrected chi connectivity index (χ0v) is 30.7. The molecule has 0 bridgehead atoms. The maximum atomic E-state index is 16.2. The second kappa shape index (κ2) is 13.5. The number of nitrogens with zero attached hydrogens (tertiary/aromatic N) is 6. The monoisotopic (exact) mass is 758 g/mol. The number of amides is 2. The van der Waals surface area contributed by atoms with E-state index in [1.807, 2.05) is 19.2 Å². The fourth-order valence-corrected chi connectivity index (χ4v) is 8.16. The minimum absolute atomic E-state index is 0.0374. The van der Waals surface area contributed by atoms with Crippen LogP contribution in [0, 0.1) is 17.6 Å². The molecule has 0 unspecified atom stereocenters. The SMILES string of the molecule is CC(C)n1cnc2cc(-c3cc4c(nc3F)C(C)(C)C(=O)N4C3CC(C)(N4CCCCC4)C3)nc(Nc3cc(C(=O)NCC(F)F)c(Cl)c(F)c3F)c21. The van der Waals surface area contributed by atoms with Crippen LogP contribution >= 0.6 is 11.6 Å². The number of fused-ring (bicyclic) bond motifs is 2. The van der Waals surface area contributed by atoms with Crippen molar-refractivity contribution in [3.05, 3.63) is 58.4 Å². The molecule has 1 aliphatic carbocycles. The van der Waals surface area contributed by atoms with Crippen molar-refractivity contribution < 1.29 is 31.5 Å². The number of benzene rings is 1. The highest BCUT2D eigenvalue weighted by atomic mass is 35.5. The number of aromatic nitrogens is 4. The number of carbonyl (C=O) groups is 2. The number of likely N-dealkylation sites (tertiary alicyclic amines) is 1. The van der Waals surface area contributed by atoms with Gasteiger partial charge in [-0.25, -0.2) is 32.5 Å². The Morgan fingerprint density at radius 2 is 1.72 bits per heavy atom. The molecule has 10 nitrogen and oxygen atoms in total. The molecule has 2 aliphatic heterocycles. The number of hydrogen-bond donors (Lipinski definition) is 2. The van der Waals surface area contributed by atoms with Crippen LogP contribution in [0.2, 0.25) is 5.02 Å². The first-order valence-corrected chi connectivity index (χ1v) is 18.1. The lowest BCUT2D eigenvalue weighted by molar-refractivity contribution is -0.123. The number of hydrogen-bond acceptors (Lipinski definition) is 7. The summed E-state index contributed by atoms with van der Waals surface area (Å²) in [6.07, 6.45) is 3.65. The molecule has 3 aliphatic rings. The average molecular weight is 759 g/mol. The molecule has 0 atom stereocenters. The molecule has 1 aromatic carbocycles. The predicted octanol–water partition coefficient (Wildman–Crippen LogP) is 7.91. The summed E-state index contributed by atoms with van der Waals surface area (Å²) >= 11 is 5.93. The summed E-state index contributed by atoms with van der Waals surface area (Å²) < 4.78 is 74.0. The zero-order valence-electron chi connectivity index (χ0n) is 30.0. The lowest BCUT2D eigenvalue weighted by Gasteiger charge is -2.55. The van der Waals surface area contributed by atoms with E-state index in [1.54, 1.807) is 29.4 Å². The Hall–Kier alpha value is -4.37. The van der Waals surface area contributed by atoms with Gasteiger partial charge in [0, 0.05) is 17.6 Å². The van der Waals surface area contributed by atoms with E-state index in [4.69, 9.17) is 11.6 Å². The van der Waals surface area contributed by atoms with Gasteiger partial charge in [-0.15, -0.1) is 0 Å². The Bertz CT molecular complexity index is 2130. The summed E-state index contributed by atoms with van der Waals surface area (Å²) in [5.41, 5.74) is -0.838. The van der Waals surface area contributed by atoms with Gasteiger partial charge < -0.3 is 20.1 Å². The van der Waals surface area contributed by atoms with Gasteiger partial charge in [-0.1, -0.05) is 18.0 Å². The standard InChI is InChI=1S/C37H40ClF5N8O2/c1-18(2)50-17-45-24-13-22(46-33(30(24)50)47-23-11-21(27(38)29(42)28(23)41)34(52)44-16-26(39)40)20-12-25-31(48-32(20)43)36(3,4)35(53)51(25)19-14-37(5,15-19)49-9-7-6-8-10-49/h11-13,17-19,26H,6-10,14-16H2,1-5H3,(H,44,52)(H,46,47). The van der Waals surface area contributed by atoms with Crippen LogP contribution in [0.3, 0.4) is 0 Å². The van der Waals surface area contributed by atoms with Crippen LogP contribution < -0.4 is 15.5 Å². The normalized spacial score (nSPS) is 21.4. The van der Waals surface area contributed by atoms with E-state index in [9.17, 15) is 18.4 Å². The van der Waals surface area contributed by atoms with E-state index < -0.39 is 58.1 Å². The third-order valence-corrected chi connectivity index (χ3v) is 11.2. The summed E-state index contributed by atoms with van der Waals surface area (Å²) in [5, 5.41) is 3.77. The van der Waals surface area contributed by atoms with Crippen molar-refractivity contribution in [2.75, 3.05) is 29.9 Å². The molecule has 4 aromatic rings. The maximum Gasteiger partial charge on any atom is 0.255 e. The number of carbonyl (C=O) groups excluding carboxylic acids is 2. The molecule has 2 fully saturated rings. The van der Waals surface area contributed by atoms with Gasteiger partial charge in [0.2, 0.25) is 11.9 Å². The molecule has 1 saturated carbocycles. The third kappa shape index (κ3) is 6.28. The number of pyridine rings is 2. The van der Waals surface area contributed by atoms with Gasteiger partial charge in [-0.3, -0.25) is 14.5 Å². The molecule has 5 heterocycles. The van der Waals surface area contributed by atoms with Crippen LogP contribution in [0.4, 0.5) is 39.1 Å². The van der Waals surface area contributed by atoms with E-state index in [-0.39, 0.29) is 40.6 Å². The molecule has 282 valence electrons. The van der Waals surface area contributed by atoms with Gasteiger partial charge >= 0.3 is 0 Å². The fraction of sp³-hybridized carbons (Fsp3) is 0.486. The van der Waals surface area contributed by atoms with Crippen molar-refractivity contribution in [3.8, 4) is 11.3 Å². The lowest BCUT2D eigenvalue weighted by Crippen LogP contribution is -2.64. The van der Waals surface area contributed by atoms with E-state index in [1.165, 1.54) is 18.8 Å². The molecule has 1 saturated heterocycles. The number of alkyl halides is 2. The van der Waals surface area contributed by atoms with Crippen molar-refractivity contribution in [2.45, 2.75) is 96.2 Å². The number of piperidine rings is 1. The van der Waals surface area contributed by atoms with E-state index in [2.05, 4.69) is 32.1 Å².